The number of hydrogen-bond donors (Lipinski definition) is 1. The predicted molar refractivity (Wildman–Crippen MR) is 148 cm³/mol. The van der Waals surface area contributed by atoms with E-state index < -0.39 is 18.4 Å². The lowest BCUT2D eigenvalue weighted by Crippen LogP contribution is -2.50. The zero-order valence-corrected chi connectivity index (χ0v) is 23.7. The molecule has 5 rings (SSSR count). The lowest BCUT2D eigenvalue weighted by molar-refractivity contribution is -0.0367. The van der Waals surface area contributed by atoms with E-state index in [1.807, 2.05) is 18.5 Å². The molecule has 4 aliphatic rings. The maximum absolute atomic E-state index is 11.8. The van der Waals surface area contributed by atoms with E-state index in [2.05, 4.69) is 37.0 Å². The van der Waals surface area contributed by atoms with Crippen molar-refractivity contribution in [1.29, 1.82) is 0 Å². The van der Waals surface area contributed by atoms with Crippen LogP contribution in [-0.2, 0) is 14.2 Å². The molecule has 4 aliphatic carbocycles. The first kappa shape index (κ1) is 27.7. The molecular weight excluding hydrogens is 494 g/mol. The van der Waals surface area contributed by atoms with Gasteiger partial charge in [-0.2, -0.15) is 0 Å². The van der Waals surface area contributed by atoms with Gasteiger partial charge in [0.2, 0.25) is 0 Å². The SMILES string of the molecule is CC(C)OC(=O)OCCC(OC(=O)O)[C@H]1CC[C@@]2(C)C(=CC[C@@H]3[C@@H]2CC[C@]2(C)C(c4cccnc4)=CC[C@@H]32)C1. The molecule has 0 saturated heterocycles. The number of pyridine rings is 1. The minimum absolute atomic E-state index is 0.0769. The molecule has 7 heteroatoms. The monoisotopic (exact) mass is 537 g/mol. The molecule has 1 aromatic heterocycles. The van der Waals surface area contributed by atoms with E-state index in [9.17, 15) is 14.7 Å². The third kappa shape index (κ3) is 5.33. The van der Waals surface area contributed by atoms with Gasteiger partial charge in [0.15, 0.2) is 0 Å². The summed E-state index contributed by atoms with van der Waals surface area (Å²) in [5.74, 6) is 2.03. The van der Waals surface area contributed by atoms with E-state index in [0.717, 1.165) is 32.1 Å². The number of carbonyl (C=O) groups excluding carboxylic acids is 1. The summed E-state index contributed by atoms with van der Waals surface area (Å²) in [6.07, 6.45) is 13.8. The molecule has 1 aromatic rings. The maximum Gasteiger partial charge on any atom is 0.508 e. The first-order valence-corrected chi connectivity index (χ1v) is 14.7. The third-order valence-corrected chi connectivity index (χ3v) is 10.4. The molecule has 1 N–H and O–H groups in total. The van der Waals surface area contributed by atoms with Gasteiger partial charge in [-0.3, -0.25) is 4.98 Å². The van der Waals surface area contributed by atoms with Crippen LogP contribution in [0.3, 0.4) is 0 Å². The van der Waals surface area contributed by atoms with E-state index in [0.29, 0.717) is 24.2 Å². The van der Waals surface area contributed by atoms with Crippen LogP contribution < -0.4 is 0 Å². The third-order valence-electron chi connectivity index (χ3n) is 10.4. The Morgan fingerprint density at radius 1 is 1.08 bits per heavy atom. The molecule has 2 saturated carbocycles. The van der Waals surface area contributed by atoms with Crippen molar-refractivity contribution < 1.29 is 28.9 Å². The van der Waals surface area contributed by atoms with Crippen LogP contribution in [0.25, 0.3) is 5.57 Å². The van der Waals surface area contributed by atoms with Crippen molar-refractivity contribution in [2.24, 2.45) is 34.5 Å². The predicted octanol–water partition coefficient (Wildman–Crippen LogP) is 7.67. The second-order valence-corrected chi connectivity index (χ2v) is 12.8. The van der Waals surface area contributed by atoms with Gasteiger partial charge in [0.25, 0.3) is 0 Å². The molecule has 39 heavy (non-hydrogen) atoms. The molecule has 0 aromatic carbocycles. The normalized spacial score (nSPS) is 34.1. The first-order valence-electron chi connectivity index (χ1n) is 14.7. The van der Waals surface area contributed by atoms with E-state index in [1.54, 1.807) is 13.8 Å². The molecule has 2 fully saturated rings. The van der Waals surface area contributed by atoms with Crippen molar-refractivity contribution in [3.63, 3.8) is 0 Å². The molecule has 0 spiro atoms. The van der Waals surface area contributed by atoms with E-state index >= 15 is 0 Å². The second kappa shape index (κ2) is 11.0. The Hall–Kier alpha value is -2.83. The fourth-order valence-corrected chi connectivity index (χ4v) is 8.55. The molecule has 7 atom stereocenters. The van der Waals surface area contributed by atoms with Gasteiger partial charge in [0, 0.05) is 18.8 Å². The van der Waals surface area contributed by atoms with Gasteiger partial charge >= 0.3 is 12.3 Å². The smallest absolute Gasteiger partial charge is 0.450 e. The number of rotatable bonds is 7. The van der Waals surface area contributed by atoms with Gasteiger partial charge in [-0.15, -0.1) is 0 Å². The van der Waals surface area contributed by atoms with E-state index in [1.165, 1.54) is 29.6 Å². The van der Waals surface area contributed by atoms with Crippen LogP contribution in [0, 0.1) is 34.5 Å². The summed E-state index contributed by atoms with van der Waals surface area (Å²) in [4.78, 5) is 27.7. The van der Waals surface area contributed by atoms with Crippen LogP contribution in [0.4, 0.5) is 9.59 Å². The molecule has 7 nitrogen and oxygen atoms in total. The summed E-state index contributed by atoms with van der Waals surface area (Å²) in [7, 11) is 0. The fraction of sp³-hybridized carbons (Fsp3) is 0.656. The van der Waals surface area contributed by atoms with Gasteiger partial charge in [-0.1, -0.05) is 37.6 Å². The topological polar surface area (TPSA) is 95.0 Å². The van der Waals surface area contributed by atoms with Gasteiger partial charge in [-0.25, -0.2) is 9.59 Å². The van der Waals surface area contributed by atoms with Crippen LogP contribution in [0.5, 0.6) is 0 Å². The Balaban J connectivity index is 1.28. The lowest BCUT2D eigenvalue weighted by atomic mass is 9.46. The highest BCUT2D eigenvalue weighted by Crippen LogP contribution is 2.66. The highest BCUT2D eigenvalue weighted by molar-refractivity contribution is 5.72. The van der Waals surface area contributed by atoms with Gasteiger partial charge in [-0.05, 0) is 110 Å². The summed E-state index contributed by atoms with van der Waals surface area (Å²) in [5.41, 5.74) is 4.56. The largest absolute Gasteiger partial charge is 0.508 e. The van der Waals surface area contributed by atoms with Crippen LogP contribution in [0.2, 0.25) is 0 Å². The van der Waals surface area contributed by atoms with Crippen LogP contribution in [0.1, 0.15) is 84.6 Å². The summed E-state index contributed by atoms with van der Waals surface area (Å²) in [5, 5.41) is 9.42. The number of allylic oxidation sites excluding steroid dienone is 4. The Morgan fingerprint density at radius 2 is 1.87 bits per heavy atom. The number of carboxylic acid groups (broad SMARTS) is 1. The minimum atomic E-state index is -1.28. The number of fused-ring (bicyclic) bond motifs is 5. The minimum Gasteiger partial charge on any atom is -0.450 e. The van der Waals surface area contributed by atoms with Gasteiger partial charge in [0.05, 0.1) is 12.7 Å². The molecular formula is C32H43NO6. The Morgan fingerprint density at radius 3 is 2.59 bits per heavy atom. The van der Waals surface area contributed by atoms with Crippen LogP contribution >= 0.6 is 0 Å². The first-order chi connectivity index (χ1) is 18.6. The van der Waals surface area contributed by atoms with Crippen molar-refractivity contribution in [2.45, 2.75) is 91.3 Å². The van der Waals surface area contributed by atoms with Gasteiger partial charge in [0.1, 0.15) is 6.10 Å². The zero-order valence-electron chi connectivity index (χ0n) is 23.7. The van der Waals surface area contributed by atoms with Crippen LogP contribution in [-0.4, -0.2) is 41.2 Å². The molecule has 0 amide bonds. The molecule has 0 radical (unpaired) electrons. The number of hydrogen-bond acceptors (Lipinski definition) is 6. The lowest BCUT2D eigenvalue weighted by Gasteiger charge is -2.58. The van der Waals surface area contributed by atoms with Crippen LogP contribution in [0.15, 0.2) is 42.3 Å². The number of carbonyl (C=O) groups is 2. The van der Waals surface area contributed by atoms with Gasteiger partial charge < -0.3 is 19.3 Å². The van der Waals surface area contributed by atoms with Crippen molar-refractivity contribution in [1.82, 2.24) is 4.98 Å². The summed E-state index contributed by atoms with van der Waals surface area (Å²) >= 11 is 0. The summed E-state index contributed by atoms with van der Waals surface area (Å²) in [6, 6.07) is 4.24. The van der Waals surface area contributed by atoms with Crippen molar-refractivity contribution in [2.75, 3.05) is 6.61 Å². The van der Waals surface area contributed by atoms with E-state index in [4.69, 9.17) is 14.2 Å². The quantitative estimate of drug-likeness (QED) is 0.282. The molecule has 212 valence electrons. The molecule has 1 unspecified atom stereocenters. The standard InChI is InChI=1S/C32H43NO6/c1-20(2)38-30(36)37-17-13-28(39-29(34)35)21-11-14-31(3)23(18-21)7-8-24-26-10-9-25(22-6-5-16-33-19-22)32(26,4)15-12-27(24)31/h5-7,9,16,19-21,24,26-28H,8,10-15,17-18H2,1-4H3,(H,34,35)/t21-,24-,26-,27-,28?,31-,32+/m0/s1. The summed E-state index contributed by atoms with van der Waals surface area (Å²) < 4.78 is 15.6. The highest BCUT2D eigenvalue weighted by atomic mass is 16.7. The molecule has 0 aliphatic heterocycles. The number of aromatic nitrogens is 1. The fourth-order valence-electron chi connectivity index (χ4n) is 8.55. The number of ether oxygens (including phenoxy) is 3. The average molecular weight is 538 g/mol. The summed E-state index contributed by atoms with van der Waals surface area (Å²) in [6.45, 7) is 8.53. The number of nitrogens with zero attached hydrogens (tertiary/aromatic N) is 1. The molecule has 0 bridgehead atoms. The maximum atomic E-state index is 11.8. The van der Waals surface area contributed by atoms with E-state index in [-0.39, 0.29) is 29.5 Å². The average Bonchev–Trinajstić information content (AvgIpc) is 3.25. The highest BCUT2D eigenvalue weighted by Gasteiger charge is 2.57. The molecule has 1 heterocycles. The Labute approximate surface area is 232 Å². The Kier molecular flexibility index (Phi) is 7.80. The zero-order chi connectivity index (χ0) is 27.8. The second-order valence-electron chi connectivity index (χ2n) is 12.8. The van der Waals surface area contributed by atoms with Crippen molar-refractivity contribution in [3.8, 4) is 0 Å². The van der Waals surface area contributed by atoms with Crippen molar-refractivity contribution in [3.05, 3.63) is 47.8 Å². The van der Waals surface area contributed by atoms with Crippen molar-refractivity contribution >= 4 is 17.9 Å². The Bertz CT molecular complexity index is 1130.